The summed E-state index contributed by atoms with van der Waals surface area (Å²) < 4.78 is 0. The first kappa shape index (κ1) is 11.0. The number of carbonyl (C=O) groups is 1. The Morgan fingerprint density at radius 3 is 2.62 bits per heavy atom. The normalized spacial score (nSPS) is 25.8. The summed E-state index contributed by atoms with van der Waals surface area (Å²) in [5.41, 5.74) is 5.99. The number of H-pyrrole nitrogens is 1. The van der Waals surface area contributed by atoms with E-state index < -0.39 is 0 Å². The van der Waals surface area contributed by atoms with E-state index in [1.165, 1.54) is 6.42 Å². The van der Waals surface area contributed by atoms with Crippen LogP contribution in [-0.2, 0) is 0 Å². The number of anilines is 1. The van der Waals surface area contributed by atoms with Gasteiger partial charge in [-0.25, -0.2) is 0 Å². The van der Waals surface area contributed by atoms with Crippen LogP contribution in [0.5, 0.6) is 0 Å². The van der Waals surface area contributed by atoms with Gasteiger partial charge in [-0.3, -0.25) is 9.89 Å². The molecule has 0 bridgehead atoms. The Morgan fingerprint density at radius 1 is 1.50 bits per heavy atom. The molecule has 0 aliphatic carbocycles. The zero-order valence-corrected chi connectivity index (χ0v) is 9.73. The van der Waals surface area contributed by atoms with Crippen LogP contribution in [0.3, 0.4) is 0 Å². The summed E-state index contributed by atoms with van der Waals surface area (Å²) in [6.45, 7) is 4.18. The Labute approximate surface area is 95.0 Å². The van der Waals surface area contributed by atoms with E-state index in [-0.39, 0.29) is 5.91 Å². The number of nitrogens with zero attached hydrogens (tertiary/aromatic N) is 2. The predicted octanol–water partition coefficient (Wildman–Crippen LogP) is 1.39. The number of aromatic nitrogens is 2. The number of piperidine rings is 1. The molecule has 1 saturated heterocycles. The summed E-state index contributed by atoms with van der Waals surface area (Å²) in [6.07, 6.45) is 3.33. The van der Waals surface area contributed by atoms with Crippen molar-refractivity contribution in [2.24, 2.45) is 0 Å². The zero-order chi connectivity index (χ0) is 11.7. The lowest BCUT2D eigenvalue weighted by Gasteiger charge is -2.38. The van der Waals surface area contributed by atoms with Gasteiger partial charge in [0.2, 0.25) is 0 Å². The fraction of sp³-hybridized carbons (Fsp3) is 0.636. The van der Waals surface area contributed by atoms with Crippen LogP contribution in [0.25, 0.3) is 0 Å². The van der Waals surface area contributed by atoms with Crippen LogP contribution in [0.15, 0.2) is 6.07 Å². The van der Waals surface area contributed by atoms with Crippen LogP contribution < -0.4 is 5.73 Å². The maximum Gasteiger partial charge on any atom is 0.272 e. The molecular formula is C11H18N4O. The molecule has 2 atom stereocenters. The monoisotopic (exact) mass is 222 g/mol. The summed E-state index contributed by atoms with van der Waals surface area (Å²) in [4.78, 5) is 14.2. The van der Waals surface area contributed by atoms with Gasteiger partial charge in [0.25, 0.3) is 5.91 Å². The summed E-state index contributed by atoms with van der Waals surface area (Å²) in [5, 5.41) is 6.47. The molecule has 16 heavy (non-hydrogen) atoms. The van der Waals surface area contributed by atoms with Crippen molar-refractivity contribution in [3.63, 3.8) is 0 Å². The van der Waals surface area contributed by atoms with E-state index in [0.29, 0.717) is 23.6 Å². The van der Waals surface area contributed by atoms with E-state index in [0.717, 1.165) is 12.8 Å². The van der Waals surface area contributed by atoms with E-state index in [1.54, 1.807) is 6.07 Å². The molecule has 2 heterocycles. The molecule has 0 saturated carbocycles. The Kier molecular flexibility index (Phi) is 2.85. The Hall–Kier alpha value is -1.52. The Balaban J connectivity index is 2.19. The average molecular weight is 222 g/mol. The van der Waals surface area contributed by atoms with E-state index in [4.69, 9.17) is 5.73 Å². The van der Waals surface area contributed by atoms with Gasteiger partial charge in [-0.2, -0.15) is 5.10 Å². The lowest BCUT2D eigenvalue weighted by Crippen LogP contribution is -2.47. The summed E-state index contributed by atoms with van der Waals surface area (Å²) in [5.74, 6) is 0.365. The van der Waals surface area contributed by atoms with Crippen molar-refractivity contribution in [1.29, 1.82) is 0 Å². The number of amides is 1. The third kappa shape index (κ3) is 1.89. The predicted molar refractivity (Wildman–Crippen MR) is 61.9 cm³/mol. The first-order valence-corrected chi connectivity index (χ1v) is 5.73. The van der Waals surface area contributed by atoms with Crippen LogP contribution in [0.1, 0.15) is 43.6 Å². The van der Waals surface area contributed by atoms with Crippen molar-refractivity contribution < 1.29 is 4.79 Å². The minimum Gasteiger partial charge on any atom is -0.382 e. The Bertz CT molecular complexity index is 377. The van der Waals surface area contributed by atoms with Crippen molar-refractivity contribution in [2.75, 3.05) is 5.73 Å². The second kappa shape index (κ2) is 4.15. The fourth-order valence-corrected chi connectivity index (χ4v) is 2.41. The van der Waals surface area contributed by atoms with Crippen molar-refractivity contribution in [3.05, 3.63) is 11.8 Å². The van der Waals surface area contributed by atoms with Gasteiger partial charge in [0, 0.05) is 18.2 Å². The summed E-state index contributed by atoms with van der Waals surface area (Å²) in [7, 11) is 0. The number of nitrogens with two attached hydrogens (primary N) is 1. The van der Waals surface area contributed by atoms with Gasteiger partial charge in [-0.15, -0.1) is 0 Å². The highest BCUT2D eigenvalue weighted by atomic mass is 16.2. The molecule has 1 aliphatic heterocycles. The van der Waals surface area contributed by atoms with Crippen LogP contribution in [0.4, 0.5) is 5.82 Å². The van der Waals surface area contributed by atoms with Crippen LogP contribution >= 0.6 is 0 Å². The number of likely N-dealkylation sites (tertiary alicyclic amines) is 1. The van der Waals surface area contributed by atoms with Crippen molar-refractivity contribution in [2.45, 2.75) is 45.2 Å². The highest BCUT2D eigenvalue weighted by Crippen LogP contribution is 2.24. The quantitative estimate of drug-likeness (QED) is 0.754. The molecule has 1 aliphatic rings. The molecule has 1 aromatic heterocycles. The number of carbonyl (C=O) groups excluding carboxylic acids is 1. The summed E-state index contributed by atoms with van der Waals surface area (Å²) >= 11 is 0. The summed E-state index contributed by atoms with van der Waals surface area (Å²) in [6, 6.07) is 2.18. The van der Waals surface area contributed by atoms with E-state index in [9.17, 15) is 4.79 Å². The third-order valence-corrected chi connectivity index (χ3v) is 3.26. The first-order chi connectivity index (χ1) is 7.59. The third-order valence-electron chi connectivity index (χ3n) is 3.26. The highest BCUT2D eigenvalue weighted by molar-refractivity contribution is 5.93. The average Bonchev–Trinajstić information content (AvgIpc) is 2.64. The first-order valence-electron chi connectivity index (χ1n) is 5.73. The number of nitrogen functional groups attached to an aromatic ring is 1. The molecule has 2 rings (SSSR count). The molecule has 1 fully saturated rings. The smallest absolute Gasteiger partial charge is 0.272 e. The molecule has 3 N–H and O–H groups in total. The maximum atomic E-state index is 12.2. The van der Waals surface area contributed by atoms with Crippen molar-refractivity contribution in [3.8, 4) is 0 Å². The molecule has 1 amide bonds. The lowest BCUT2D eigenvalue weighted by atomic mass is 9.97. The van der Waals surface area contributed by atoms with Gasteiger partial charge in [-0.1, -0.05) is 0 Å². The molecule has 0 radical (unpaired) electrons. The van der Waals surface area contributed by atoms with Gasteiger partial charge < -0.3 is 10.6 Å². The largest absolute Gasteiger partial charge is 0.382 e. The van der Waals surface area contributed by atoms with Crippen LogP contribution in [0.2, 0.25) is 0 Å². The van der Waals surface area contributed by atoms with E-state index in [1.807, 2.05) is 4.90 Å². The van der Waals surface area contributed by atoms with Gasteiger partial charge in [0.05, 0.1) is 0 Å². The van der Waals surface area contributed by atoms with E-state index >= 15 is 0 Å². The number of hydrogen-bond donors (Lipinski definition) is 2. The topological polar surface area (TPSA) is 75.0 Å². The number of aromatic amines is 1. The lowest BCUT2D eigenvalue weighted by molar-refractivity contribution is 0.0504. The van der Waals surface area contributed by atoms with Crippen molar-refractivity contribution >= 4 is 11.7 Å². The van der Waals surface area contributed by atoms with Gasteiger partial charge in [-0.05, 0) is 33.1 Å². The Morgan fingerprint density at radius 2 is 2.12 bits per heavy atom. The molecule has 5 heteroatoms. The molecule has 2 unspecified atom stereocenters. The fourth-order valence-electron chi connectivity index (χ4n) is 2.41. The standard InChI is InChI=1S/C11H18N4O/c1-7-4-3-5-8(2)15(7)11(16)9-6-10(12)14-13-9/h6-8H,3-5H2,1-2H3,(H3,12,13,14). The molecule has 0 aromatic carbocycles. The molecule has 88 valence electrons. The van der Waals surface area contributed by atoms with Crippen LogP contribution in [0, 0.1) is 0 Å². The molecule has 5 nitrogen and oxygen atoms in total. The second-order valence-corrected chi connectivity index (χ2v) is 4.55. The second-order valence-electron chi connectivity index (χ2n) is 4.55. The minimum atomic E-state index is 0.00361. The van der Waals surface area contributed by atoms with Crippen LogP contribution in [-0.4, -0.2) is 33.1 Å². The minimum absolute atomic E-state index is 0.00361. The molecule has 1 aromatic rings. The van der Waals surface area contributed by atoms with E-state index in [2.05, 4.69) is 24.0 Å². The number of hydrogen-bond acceptors (Lipinski definition) is 3. The highest BCUT2D eigenvalue weighted by Gasteiger charge is 2.30. The van der Waals surface area contributed by atoms with Crippen molar-refractivity contribution in [1.82, 2.24) is 15.1 Å². The number of nitrogens with one attached hydrogen (secondary N) is 1. The molecule has 0 spiro atoms. The van der Waals surface area contributed by atoms with Gasteiger partial charge in [0.15, 0.2) is 0 Å². The maximum absolute atomic E-state index is 12.2. The zero-order valence-electron chi connectivity index (χ0n) is 9.73. The molecular weight excluding hydrogens is 204 g/mol. The van der Waals surface area contributed by atoms with Gasteiger partial charge >= 0.3 is 0 Å². The SMILES string of the molecule is CC1CCCC(C)N1C(=O)c1cc(N)n[nH]1. The number of rotatable bonds is 1. The van der Waals surface area contributed by atoms with Gasteiger partial charge in [0.1, 0.15) is 11.5 Å².